The molecule has 0 fully saturated rings. The summed E-state index contributed by atoms with van der Waals surface area (Å²) in [5, 5.41) is 18.8. The first-order chi connectivity index (χ1) is 9.76. The number of isocyanates is 2. The Morgan fingerprint density at radius 3 is 1.00 bits per heavy atom. The first kappa shape index (κ1) is 15.0. The lowest BCUT2D eigenvalue weighted by molar-refractivity contribution is 0.568. The second kappa shape index (κ2) is 8.11. The maximum absolute atomic E-state index is 8.24. The second-order valence-corrected chi connectivity index (χ2v) is 3.73. The fraction of sp³-hybridized carbons (Fsp3) is 0. The van der Waals surface area contributed by atoms with Crippen molar-refractivity contribution in [1.82, 2.24) is 0 Å². The van der Waals surface area contributed by atoms with Crippen molar-refractivity contribution in [2.75, 3.05) is 0 Å². The normalized spacial score (nSPS) is 8.40. The fourth-order valence-electron chi connectivity index (χ4n) is 1.88. The minimum atomic E-state index is 0.500. The second-order valence-electron chi connectivity index (χ2n) is 3.73. The van der Waals surface area contributed by atoms with Gasteiger partial charge in [0.1, 0.15) is 0 Å². The Morgan fingerprint density at radius 2 is 0.800 bits per heavy atom. The molecule has 0 spiro atoms. The first-order valence-corrected chi connectivity index (χ1v) is 5.66. The molecule has 0 aliphatic carbocycles. The zero-order valence-electron chi connectivity index (χ0n) is 10.5. The summed E-state index contributed by atoms with van der Waals surface area (Å²) in [5.74, 6) is 0. The minimum absolute atomic E-state index is 0.500. The molecule has 0 heterocycles. The van der Waals surface area contributed by atoms with Crippen molar-refractivity contribution in [3.8, 4) is 0 Å². The number of nitrogens with zero attached hydrogens (tertiary/aromatic N) is 2. The summed E-state index contributed by atoms with van der Waals surface area (Å²) in [6, 6.07) is 21.4. The Bertz CT molecular complexity index is 652. The van der Waals surface area contributed by atoms with Crippen LogP contribution in [0.2, 0.25) is 0 Å². The van der Waals surface area contributed by atoms with E-state index in [2.05, 4.69) is 60.7 Å². The summed E-state index contributed by atoms with van der Waals surface area (Å²) in [5.41, 5.74) is 0. The molecule has 4 heteroatoms. The van der Waals surface area contributed by atoms with Gasteiger partial charge in [-0.2, -0.15) is 0 Å². The third-order valence-electron chi connectivity index (χ3n) is 2.61. The van der Waals surface area contributed by atoms with Crippen molar-refractivity contribution in [2.24, 2.45) is 0 Å². The molecule has 0 atom stereocenters. The van der Waals surface area contributed by atoms with Gasteiger partial charge in [-0.1, -0.05) is 48.5 Å². The van der Waals surface area contributed by atoms with Gasteiger partial charge < -0.3 is 10.8 Å². The van der Waals surface area contributed by atoms with Gasteiger partial charge in [0, 0.05) is 0 Å². The molecule has 0 saturated carbocycles. The maximum Gasteiger partial charge on any atom is -0.0159 e. The smallest absolute Gasteiger partial charge is 0.0159 e. The van der Waals surface area contributed by atoms with E-state index >= 15 is 0 Å². The van der Waals surface area contributed by atoms with E-state index in [1.165, 1.54) is 21.5 Å². The molecule has 0 amide bonds. The molecule has 0 saturated heterocycles. The van der Waals surface area contributed by atoms with Crippen LogP contribution in [0.3, 0.4) is 0 Å². The van der Waals surface area contributed by atoms with Gasteiger partial charge >= 0.3 is 0 Å². The Labute approximate surface area is 115 Å². The highest BCUT2D eigenvalue weighted by atomic mass is 16.1. The van der Waals surface area contributed by atoms with E-state index in [1.54, 1.807) is 0 Å². The van der Waals surface area contributed by atoms with E-state index in [0.29, 0.717) is 12.2 Å². The molecule has 0 unspecified atom stereocenters. The van der Waals surface area contributed by atoms with Crippen LogP contribution in [0.5, 0.6) is 0 Å². The highest BCUT2D eigenvalue weighted by Gasteiger charge is 1.95. The van der Waals surface area contributed by atoms with Crippen LogP contribution < -0.4 is 0 Å². The summed E-state index contributed by atoms with van der Waals surface area (Å²) < 4.78 is 0. The van der Waals surface area contributed by atoms with E-state index in [-0.39, 0.29) is 0 Å². The summed E-state index contributed by atoms with van der Waals surface area (Å²) >= 11 is 0. The van der Waals surface area contributed by atoms with Crippen LogP contribution in [0.15, 0.2) is 60.7 Å². The standard InChI is InChI=1S/C14H10.2CNO/c1-2-6-12-10-14-8-4-3-7-13(14)9-11(12)5-1;2*2-1-3/h1-10H;;/q;2*-1. The van der Waals surface area contributed by atoms with Gasteiger partial charge in [0.25, 0.3) is 0 Å². The summed E-state index contributed by atoms with van der Waals surface area (Å²) in [6.45, 7) is 0. The molecule has 0 aromatic heterocycles. The molecule has 20 heavy (non-hydrogen) atoms. The number of hydrogen-bond donors (Lipinski definition) is 0. The maximum atomic E-state index is 8.24. The van der Waals surface area contributed by atoms with Gasteiger partial charge in [0.2, 0.25) is 0 Å². The van der Waals surface area contributed by atoms with Crippen molar-refractivity contribution in [2.45, 2.75) is 0 Å². The lowest BCUT2D eigenvalue weighted by Gasteiger charge is -2.00. The molecule has 0 radical (unpaired) electrons. The average molecular weight is 262 g/mol. The fourth-order valence-corrected chi connectivity index (χ4v) is 1.88. The van der Waals surface area contributed by atoms with Crippen LogP contribution in [0.4, 0.5) is 0 Å². The van der Waals surface area contributed by atoms with Gasteiger partial charge in [0.15, 0.2) is 0 Å². The van der Waals surface area contributed by atoms with Crippen LogP contribution in [-0.4, -0.2) is 12.2 Å². The van der Waals surface area contributed by atoms with E-state index in [1.807, 2.05) is 0 Å². The van der Waals surface area contributed by atoms with Gasteiger partial charge in [-0.25, -0.2) is 0 Å². The lowest BCUT2D eigenvalue weighted by atomic mass is 10.0. The summed E-state index contributed by atoms with van der Waals surface area (Å²) in [4.78, 5) is 16.5. The Balaban J connectivity index is 0.000000290. The van der Waals surface area contributed by atoms with Crippen LogP contribution in [-0.2, 0) is 9.59 Å². The minimum Gasteiger partial charge on any atom is -0.724 e. The molecule has 3 rings (SSSR count). The average Bonchev–Trinajstić information content (AvgIpc) is 2.47. The van der Waals surface area contributed by atoms with E-state index in [0.717, 1.165) is 0 Å². The molecule has 3 aromatic carbocycles. The van der Waals surface area contributed by atoms with Crippen molar-refractivity contribution in [1.29, 1.82) is 0 Å². The zero-order chi connectivity index (χ0) is 14.8. The zero-order valence-corrected chi connectivity index (χ0v) is 10.5. The summed E-state index contributed by atoms with van der Waals surface area (Å²) in [6.07, 6.45) is 1.00. The molecule has 0 aliphatic heterocycles. The van der Waals surface area contributed by atoms with Crippen LogP contribution in [0.1, 0.15) is 0 Å². The largest absolute Gasteiger partial charge is 0.724 e. The van der Waals surface area contributed by atoms with Crippen molar-refractivity contribution < 1.29 is 9.59 Å². The number of hydrogen-bond acceptors (Lipinski definition) is 2. The number of carbonyl (C=O) groups excluding carboxylic acids is 2. The van der Waals surface area contributed by atoms with Crippen LogP contribution >= 0.6 is 0 Å². The Morgan fingerprint density at radius 1 is 0.600 bits per heavy atom. The predicted molar refractivity (Wildman–Crippen MR) is 79.6 cm³/mol. The molecule has 3 aromatic rings. The molecule has 98 valence electrons. The molecular weight excluding hydrogens is 252 g/mol. The van der Waals surface area contributed by atoms with Crippen LogP contribution in [0, 0.1) is 0 Å². The van der Waals surface area contributed by atoms with Gasteiger partial charge in [0.05, 0.1) is 0 Å². The van der Waals surface area contributed by atoms with E-state index < -0.39 is 0 Å². The number of rotatable bonds is 0. The highest BCUT2D eigenvalue weighted by Crippen LogP contribution is 2.21. The third kappa shape index (κ3) is 4.00. The lowest BCUT2D eigenvalue weighted by Crippen LogP contribution is -1.74. The van der Waals surface area contributed by atoms with Crippen molar-refractivity contribution in [3.05, 3.63) is 71.5 Å². The molecule has 4 nitrogen and oxygen atoms in total. The quantitative estimate of drug-likeness (QED) is 0.351. The van der Waals surface area contributed by atoms with Gasteiger partial charge in [-0.05, 0) is 45.8 Å². The Hall–Kier alpha value is -3.06. The first-order valence-electron chi connectivity index (χ1n) is 5.66. The molecular formula is C16H10N2O2-2. The Kier molecular flexibility index (Phi) is 6.09. The van der Waals surface area contributed by atoms with Crippen LogP contribution in [0.25, 0.3) is 32.4 Å². The SMILES string of the molecule is [N-]=C=O.[N-]=C=O.c1ccc2cc3ccccc3cc2c1. The topological polar surface area (TPSA) is 78.7 Å². The number of fused-ring (bicyclic) bond motifs is 2. The van der Waals surface area contributed by atoms with Gasteiger partial charge in [-0.3, -0.25) is 9.59 Å². The van der Waals surface area contributed by atoms with E-state index in [4.69, 9.17) is 20.4 Å². The molecule has 0 aliphatic rings. The van der Waals surface area contributed by atoms with Crippen molar-refractivity contribution >= 4 is 33.7 Å². The predicted octanol–water partition coefficient (Wildman–Crippen LogP) is 3.78. The molecule has 0 bridgehead atoms. The number of benzene rings is 3. The summed E-state index contributed by atoms with van der Waals surface area (Å²) in [7, 11) is 0. The van der Waals surface area contributed by atoms with Crippen molar-refractivity contribution in [3.63, 3.8) is 0 Å². The highest BCUT2D eigenvalue weighted by molar-refractivity contribution is 5.98. The van der Waals surface area contributed by atoms with E-state index in [9.17, 15) is 0 Å². The van der Waals surface area contributed by atoms with Gasteiger partial charge in [-0.15, -0.1) is 0 Å². The monoisotopic (exact) mass is 262 g/mol. The molecule has 0 N–H and O–H groups in total. The third-order valence-corrected chi connectivity index (χ3v) is 2.61.